The summed E-state index contributed by atoms with van der Waals surface area (Å²) in [6.07, 6.45) is 1.59. The molecule has 0 N–H and O–H groups in total. The van der Waals surface area contributed by atoms with E-state index in [9.17, 15) is 9.18 Å². The van der Waals surface area contributed by atoms with Crippen molar-refractivity contribution in [3.63, 3.8) is 0 Å². The summed E-state index contributed by atoms with van der Waals surface area (Å²) < 4.78 is 24.3. The summed E-state index contributed by atoms with van der Waals surface area (Å²) in [5.74, 6) is 0.622. The normalized spacial score (nSPS) is 11.3. The first-order valence-corrected chi connectivity index (χ1v) is 9.11. The van der Waals surface area contributed by atoms with Crippen LogP contribution >= 0.6 is 11.3 Å². The summed E-state index contributed by atoms with van der Waals surface area (Å²) in [6, 6.07) is 13.2. The first-order chi connectivity index (χ1) is 12.4. The molecule has 3 aromatic rings. The zero-order chi connectivity index (χ0) is 18.6. The van der Waals surface area contributed by atoms with E-state index < -0.39 is 5.60 Å². The van der Waals surface area contributed by atoms with Gasteiger partial charge in [0.25, 0.3) is 5.91 Å². The maximum absolute atomic E-state index is 13.2. The number of hydrogen-bond acceptors (Lipinski definition) is 4. The molecule has 1 amide bonds. The molecule has 3 rings (SSSR count). The van der Waals surface area contributed by atoms with Gasteiger partial charge in [0, 0.05) is 4.88 Å². The molecule has 0 saturated heterocycles. The lowest BCUT2D eigenvalue weighted by atomic mass is 10.1. The molecule has 1 aromatic carbocycles. The van der Waals surface area contributed by atoms with E-state index in [1.165, 1.54) is 24.3 Å². The Hall–Kier alpha value is -2.60. The van der Waals surface area contributed by atoms with Gasteiger partial charge >= 0.3 is 0 Å². The number of furan rings is 1. The van der Waals surface area contributed by atoms with Crippen LogP contribution in [-0.2, 0) is 17.9 Å². The van der Waals surface area contributed by atoms with E-state index in [4.69, 9.17) is 9.15 Å². The number of amides is 1. The Morgan fingerprint density at radius 3 is 2.54 bits per heavy atom. The summed E-state index contributed by atoms with van der Waals surface area (Å²) in [4.78, 5) is 16.0. The maximum Gasteiger partial charge on any atom is 0.266 e. The Morgan fingerprint density at radius 1 is 1.15 bits per heavy atom. The van der Waals surface area contributed by atoms with Crippen molar-refractivity contribution < 1.29 is 18.3 Å². The number of carbonyl (C=O) groups is 1. The van der Waals surface area contributed by atoms with Crippen molar-refractivity contribution in [2.45, 2.75) is 32.5 Å². The highest BCUT2D eigenvalue weighted by atomic mass is 32.1. The minimum atomic E-state index is -1.11. The molecule has 0 unspecified atom stereocenters. The smallest absolute Gasteiger partial charge is 0.266 e. The number of hydrogen-bond donors (Lipinski definition) is 0. The molecule has 0 saturated carbocycles. The topological polar surface area (TPSA) is 42.7 Å². The fourth-order valence-corrected chi connectivity index (χ4v) is 3.32. The van der Waals surface area contributed by atoms with E-state index in [1.807, 2.05) is 23.6 Å². The van der Waals surface area contributed by atoms with Gasteiger partial charge in [0.15, 0.2) is 5.60 Å². The van der Waals surface area contributed by atoms with Crippen LogP contribution < -0.4 is 4.74 Å². The SMILES string of the molecule is CC(C)(Oc1ccc(F)cc1)C(=O)N(Cc1ccco1)Cc1cccs1. The van der Waals surface area contributed by atoms with Gasteiger partial charge < -0.3 is 14.1 Å². The Morgan fingerprint density at radius 2 is 1.92 bits per heavy atom. The van der Waals surface area contributed by atoms with Crippen LogP contribution in [0.15, 0.2) is 64.6 Å². The zero-order valence-corrected chi connectivity index (χ0v) is 15.5. The summed E-state index contributed by atoms with van der Waals surface area (Å²) >= 11 is 1.59. The van der Waals surface area contributed by atoms with Crippen LogP contribution in [-0.4, -0.2) is 16.4 Å². The highest BCUT2D eigenvalue weighted by molar-refractivity contribution is 7.09. The second kappa shape index (κ2) is 7.74. The van der Waals surface area contributed by atoms with Gasteiger partial charge in [-0.05, 0) is 61.7 Å². The lowest BCUT2D eigenvalue weighted by molar-refractivity contribution is -0.147. The molecule has 0 atom stereocenters. The van der Waals surface area contributed by atoms with Crippen LogP contribution in [0.5, 0.6) is 5.75 Å². The van der Waals surface area contributed by atoms with Gasteiger partial charge in [-0.15, -0.1) is 11.3 Å². The third-order valence-electron chi connectivity index (χ3n) is 3.84. The molecule has 2 heterocycles. The molecular weight excluding hydrogens is 353 g/mol. The van der Waals surface area contributed by atoms with E-state index in [0.29, 0.717) is 24.6 Å². The molecule has 0 fully saturated rings. The number of nitrogens with zero attached hydrogens (tertiary/aromatic N) is 1. The minimum absolute atomic E-state index is 0.174. The summed E-state index contributed by atoms with van der Waals surface area (Å²) in [6.45, 7) is 4.23. The van der Waals surface area contributed by atoms with Crippen molar-refractivity contribution in [1.82, 2.24) is 4.90 Å². The lowest BCUT2D eigenvalue weighted by Gasteiger charge is -2.32. The molecule has 0 aliphatic heterocycles. The zero-order valence-electron chi connectivity index (χ0n) is 14.6. The standard InChI is InChI=1S/C20H20FNO3S/c1-20(2,25-16-9-7-15(21)8-10-16)19(23)22(13-17-5-3-11-24-17)14-18-6-4-12-26-18/h3-12H,13-14H2,1-2H3. The van der Waals surface area contributed by atoms with Crippen LogP contribution in [0.1, 0.15) is 24.5 Å². The summed E-state index contributed by atoms with van der Waals surface area (Å²) in [5, 5.41) is 1.98. The fraction of sp³-hybridized carbons (Fsp3) is 0.250. The predicted molar refractivity (Wildman–Crippen MR) is 98.4 cm³/mol. The van der Waals surface area contributed by atoms with Gasteiger partial charge in [-0.2, -0.15) is 0 Å². The van der Waals surface area contributed by atoms with Crippen molar-refractivity contribution in [2.24, 2.45) is 0 Å². The van der Waals surface area contributed by atoms with E-state index in [2.05, 4.69) is 0 Å². The van der Waals surface area contributed by atoms with E-state index in [1.54, 1.807) is 42.4 Å². The number of thiophene rings is 1. The second-order valence-electron chi connectivity index (χ2n) is 6.39. The molecular formula is C20H20FNO3S. The summed E-state index contributed by atoms with van der Waals surface area (Å²) in [7, 11) is 0. The number of ether oxygens (including phenoxy) is 1. The third kappa shape index (κ3) is 4.52. The van der Waals surface area contributed by atoms with Gasteiger partial charge in [-0.1, -0.05) is 6.07 Å². The predicted octanol–water partition coefficient (Wildman–Crippen LogP) is 4.87. The van der Waals surface area contributed by atoms with E-state index in [-0.39, 0.29) is 11.7 Å². The van der Waals surface area contributed by atoms with Crippen LogP contribution in [0.25, 0.3) is 0 Å². The number of benzene rings is 1. The number of rotatable bonds is 7. The average Bonchev–Trinajstić information content (AvgIpc) is 3.29. The highest BCUT2D eigenvalue weighted by Gasteiger charge is 2.35. The van der Waals surface area contributed by atoms with Crippen LogP contribution in [0.3, 0.4) is 0 Å². The molecule has 26 heavy (non-hydrogen) atoms. The van der Waals surface area contributed by atoms with E-state index in [0.717, 1.165) is 4.88 Å². The second-order valence-corrected chi connectivity index (χ2v) is 7.42. The van der Waals surface area contributed by atoms with Gasteiger partial charge in [0.05, 0.1) is 19.4 Å². The van der Waals surface area contributed by atoms with Crippen LogP contribution in [0, 0.1) is 5.82 Å². The van der Waals surface area contributed by atoms with Crippen molar-refractivity contribution in [2.75, 3.05) is 0 Å². The minimum Gasteiger partial charge on any atom is -0.478 e. The Bertz CT molecular complexity index is 790. The lowest BCUT2D eigenvalue weighted by Crippen LogP contribution is -2.48. The number of carbonyl (C=O) groups excluding carboxylic acids is 1. The fourth-order valence-electron chi connectivity index (χ4n) is 2.60. The average molecular weight is 373 g/mol. The van der Waals surface area contributed by atoms with Crippen LogP contribution in [0.2, 0.25) is 0 Å². The molecule has 136 valence electrons. The third-order valence-corrected chi connectivity index (χ3v) is 4.70. The first-order valence-electron chi connectivity index (χ1n) is 8.23. The Kier molecular flexibility index (Phi) is 5.42. The van der Waals surface area contributed by atoms with Gasteiger partial charge in [0.1, 0.15) is 17.3 Å². The van der Waals surface area contributed by atoms with Gasteiger partial charge in [0.2, 0.25) is 0 Å². The molecule has 4 nitrogen and oxygen atoms in total. The first kappa shape index (κ1) is 18.2. The highest BCUT2D eigenvalue weighted by Crippen LogP contribution is 2.24. The van der Waals surface area contributed by atoms with Crippen molar-refractivity contribution in [1.29, 1.82) is 0 Å². The maximum atomic E-state index is 13.2. The Balaban J connectivity index is 1.78. The molecule has 0 radical (unpaired) electrons. The molecule has 6 heteroatoms. The molecule has 2 aromatic heterocycles. The Labute approximate surface area is 155 Å². The van der Waals surface area contributed by atoms with Crippen molar-refractivity contribution >= 4 is 17.2 Å². The molecule has 0 aliphatic rings. The largest absolute Gasteiger partial charge is 0.478 e. The van der Waals surface area contributed by atoms with Crippen molar-refractivity contribution in [3.05, 3.63) is 76.6 Å². The van der Waals surface area contributed by atoms with Crippen molar-refractivity contribution in [3.8, 4) is 5.75 Å². The van der Waals surface area contributed by atoms with Gasteiger partial charge in [-0.3, -0.25) is 4.79 Å². The molecule has 0 spiro atoms. The molecule has 0 bridgehead atoms. The number of halogens is 1. The van der Waals surface area contributed by atoms with Crippen LogP contribution in [0.4, 0.5) is 4.39 Å². The van der Waals surface area contributed by atoms with E-state index >= 15 is 0 Å². The summed E-state index contributed by atoms with van der Waals surface area (Å²) in [5.41, 5.74) is -1.11. The monoisotopic (exact) mass is 373 g/mol. The van der Waals surface area contributed by atoms with Gasteiger partial charge in [-0.25, -0.2) is 4.39 Å². The molecule has 0 aliphatic carbocycles. The quantitative estimate of drug-likeness (QED) is 0.594.